The molecule has 0 saturated heterocycles. The second-order valence-electron chi connectivity index (χ2n) is 6.14. The van der Waals surface area contributed by atoms with Crippen LogP contribution in [0.15, 0.2) is 4.42 Å². The SMILES string of the molecule is COC(C)(C)Cc1nnc(CC(C)(C)CC(=O)O)o1. The average Bonchev–Trinajstić information content (AvgIpc) is 2.61. The van der Waals surface area contributed by atoms with E-state index in [0.29, 0.717) is 24.6 Å². The monoisotopic (exact) mass is 270 g/mol. The number of nitrogens with zero attached hydrogens (tertiary/aromatic N) is 2. The van der Waals surface area contributed by atoms with Crippen molar-refractivity contribution in [2.24, 2.45) is 5.41 Å². The van der Waals surface area contributed by atoms with Crippen LogP contribution < -0.4 is 0 Å². The molecule has 1 aromatic heterocycles. The summed E-state index contributed by atoms with van der Waals surface area (Å²) in [4.78, 5) is 10.8. The Kier molecular flexibility index (Phi) is 4.68. The number of carboxylic acid groups (broad SMARTS) is 1. The van der Waals surface area contributed by atoms with Gasteiger partial charge in [0, 0.05) is 13.5 Å². The molecule has 1 N–H and O–H groups in total. The van der Waals surface area contributed by atoms with Gasteiger partial charge in [0.05, 0.1) is 18.4 Å². The van der Waals surface area contributed by atoms with Gasteiger partial charge in [-0.15, -0.1) is 10.2 Å². The number of carboxylic acids is 1. The van der Waals surface area contributed by atoms with E-state index < -0.39 is 11.4 Å². The third kappa shape index (κ3) is 5.38. The van der Waals surface area contributed by atoms with Crippen LogP contribution in [-0.2, 0) is 22.4 Å². The minimum atomic E-state index is -0.828. The number of aliphatic carboxylic acids is 1. The van der Waals surface area contributed by atoms with Crippen LogP contribution in [0.25, 0.3) is 0 Å². The molecule has 0 radical (unpaired) electrons. The molecule has 0 saturated carbocycles. The zero-order valence-electron chi connectivity index (χ0n) is 12.2. The van der Waals surface area contributed by atoms with E-state index in [2.05, 4.69) is 10.2 Å². The van der Waals surface area contributed by atoms with E-state index in [1.807, 2.05) is 27.7 Å². The number of carbonyl (C=O) groups is 1. The van der Waals surface area contributed by atoms with Gasteiger partial charge in [0.1, 0.15) is 0 Å². The molecule has 0 atom stereocenters. The lowest BCUT2D eigenvalue weighted by molar-refractivity contribution is -0.139. The maximum atomic E-state index is 10.8. The van der Waals surface area contributed by atoms with Crippen molar-refractivity contribution in [3.8, 4) is 0 Å². The molecule has 0 aromatic carbocycles. The molecule has 0 aliphatic heterocycles. The van der Waals surface area contributed by atoms with E-state index in [9.17, 15) is 4.79 Å². The summed E-state index contributed by atoms with van der Waals surface area (Å²) < 4.78 is 10.8. The molecular formula is C13H22N2O4. The van der Waals surface area contributed by atoms with Gasteiger partial charge in [-0.2, -0.15) is 0 Å². The van der Waals surface area contributed by atoms with E-state index in [-0.39, 0.29) is 12.0 Å². The van der Waals surface area contributed by atoms with Gasteiger partial charge in [0.15, 0.2) is 0 Å². The Morgan fingerprint density at radius 3 is 2.21 bits per heavy atom. The highest BCUT2D eigenvalue weighted by molar-refractivity contribution is 5.67. The van der Waals surface area contributed by atoms with E-state index in [4.69, 9.17) is 14.3 Å². The molecule has 6 heteroatoms. The second-order valence-corrected chi connectivity index (χ2v) is 6.14. The van der Waals surface area contributed by atoms with Crippen LogP contribution in [0.2, 0.25) is 0 Å². The minimum absolute atomic E-state index is 0.0638. The van der Waals surface area contributed by atoms with Gasteiger partial charge >= 0.3 is 5.97 Å². The van der Waals surface area contributed by atoms with Crippen molar-refractivity contribution >= 4 is 5.97 Å². The van der Waals surface area contributed by atoms with Crippen molar-refractivity contribution in [1.82, 2.24) is 10.2 Å². The molecule has 0 aliphatic rings. The Bertz CT molecular complexity index is 438. The van der Waals surface area contributed by atoms with Crippen LogP contribution >= 0.6 is 0 Å². The summed E-state index contributed by atoms with van der Waals surface area (Å²) in [5, 5.41) is 16.8. The van der Waals surface area contributed by atoms with Crippen LogP contribution in [0.1, 0.15) is 45.9 Å². The summed E-state index contributed by atoms with van der Waals surface area (Å²) in [7, 11) is 1.63. The number of methoxy groups -OCH3 is 1. The standard InChI is InChI=1S/C13H22N2O4/c1-12(2,8-11(16)17)6-9-14-15-10(19-9)7-13(3,4)18-5/h6-8H2,1-5H3,(H,16,17). The molecule has 19 heavy (non-hydrogen) atoms. The smallest absolute Gasteiger partial charge is 0.303 e. The number of hydrogen-bond donors (Lipinski definition) is 1. The molecule has 6 nitrogen and oxygen atoms in total. The first kappa shape index (κ1) is 15.6. The average molecular weight is 270 g/mol. The van der Waals surface area contributed by atoms with Crippen molar-refractivity contribution in [1.29, 1.82) is 0 Å². The summed E-state index contributed by atoms with van der Waals surface area (Å²) in [5.41, 5.74) is -0.771. The topological polar surface area (TPSA) is 85.5 Å². The van der Waals surface area contributed by atoms with Crippen molar-refractivity contribution in [3.05, 3.63) is 11.8 Å². The highest BCUT2D eigenvalue weighted by atomic mass is 16.5. The first-order valence-corrected chi connectivity index (χ1v) is 6.22. The molecule has 1 aromatic rings. The minimum Gasteiger partial charge on any atom is -0.481 e. The Labute approximate surface area is 113 Å². The number of rotatable bonds is 7. The lowest BCUT2D eigenvalue weighted by Gasteiger charge is -2.20. The quantitative estimate of drug-likeness (QED) is 0.816. The van der Waals surface area contributed by atoms with Gasteiger partial charge in [-0.05, 0) is 19.3 Å². The van der Waals surface area contributed by atoms with Crippen LogP contribution in [0, 0.1) is 5.41 Å². The largest absolute Gasteiger partial charge is 0.481 e. The Morgan fingerprint density at radius 1 is 1.21 bits per heavy atom. The molecule has 0 spiro atoms. The summed E-state index contributed by atoms with van der Waals surface area (Å²) in [5.74, 6) is 0.145. The van der Waals surface area contributed by atoms with Crippen molar-refractivity contribution in [3.63, 3.8) is 0 Å². The summed E-state index contributed by atoms with van der Waals surface area (Å²) in [6, 6.07) is 0. The fourth-order valence-corrected chi connectivity index (χ4v) is 1.75. The van der Waals surface area contributed by atoms with Gasteiger partial charge in [-0.25, -0.2) is 0 Å². The van der Waals surface area contributed by atoms with Crippen molar-refractivity contribution in [2.45, 2.75) is 52.6 Å². The molecular weight excluding hydrogens is 248 g/mol. The summed E-state index contributed by atoms with van der Waals surface area (Å²) in [6.07, 6.45) is 1.03. The number of hydrogen-bond acceptors (Lipinski definition) is 5. The first-order valence-electron chi connectivity index (χ1n) is 6.22. The molecule has 0 fully saturated rings. The van der Waals surface area contributed by atoms with Gasteiger partial charge in [0.2, 0.25) is 11.8 Å². The molecule has 0 amide bonds. The normalized spacial score (nSPS) is 12.7. The highest BCUT2D eigenvalue weighted by Crippen LogP contribution is 2.26. The van der Waals surface area contributed by atoms with E-state index >= 15 is 0 Å². The zero-order chi connectivity index (χ0) is 14.7. The van der Waals surface area contributed by atoms with Crippen molar-refractivity contribution in [2.75, 3.05) is 7.11 Å². The third-order valence-corrected chi connectivity index (χ3v) is 2.90. The van der Waals surface area contributed by atoms with Crippen molar-refractivity contribution < 1.29 is 19.1 Å². The van der Waals surface area contributed by atoms with Crippen LogP contribution in [0.4, 0.5) is 0 Å². The number of ether oxygens (including phenoxy) is 1. The van der Waals surface area contributed by atoms with Gasteiger partial charge in [-0.3, -0.25) is 4.79 Å². The molecule has 0 unspecified atom stereocenters. The van der Waals surface area contributed by atoms with Gasteiger partial charge in [-0.1, -0.05) is 13.8 Å². The first-order chi connectivity index (χ1) is 8.63. The maximum absolute atomic E-state index is 10.8. The predicted molar refractivity (Wildman–Crippen MR) is 68.8 cm³/mol. The van der Waals surface area contributed by atoms with Crippen LogP contribution in [0.3, 0.4) is 0 Å². The van der Waals surface area contributed by atoms with Gasteiger partial charge < -0.3 is 14.3 Å². The fourth-order valence-electron chi connectivity index (χ4n) is 1.75. The lowest BCUT2D eigenvalue weighted by atomic mass is 9.86. The van der Waals surface area contributed by atoms with E-state index in [1.165, 1.54) is 0 Å². The zero-order valence-corrected chi connectivity index (χ0v) is 12.2. The predicted octanol–water partition coefficient (Wildman–Crippen LogP) is 2.08. The Balaban J connectivity index is 2.67. The molecule has 108 valence electrons. The van der Waals surface area contributed by atoms with Gasteiger partial charge in [0.25, 0.3) is 0 Å². The molecule has 1 heterocycles. The third-order valence-electron chi connectivity index (χ3n) is 2.90. The fraction of sp³-hybridized carbons (Fsp3) is 0.769. The molecule has 1 rings (SSSR count). The highest BCUT2D eigenvalue weighted by Gasteiger charge is 2.26. The van der Waals surface area contributed by atoms with E-state index in [0.717, 1.165) is 0 Å². The molecule has 0 aliphatic carbocycles. The Morgan fingerprint density at radius 2 is 1.74 bits per heavy atom. The van der Waals surface area contributed by atoms with Crippen LogP contribution in [0.5, 0.6) is 0 Å². The summed E-state index contributed by atoms with van der Waals surface area (Å²) in [6.45, 7) is 7.60. The number of aromatic nitrogens is 2. The molecule has 0 bridgehead atoms. The summed E-state index contributed by atoms with van der Waals surface area (Å²) >= 11 is 0. The second kappa shape index (κ2) is 5.69. The maximum Gasteiger partial charge on any atom is 0.303 e. The Hall–Kier alpha value is -1.43. The van der Waals surface area contributed by atoms with E-state index in [1.54, 1.807) is 7.11 Å². The van der Waals surface area contributed by atoms with Crippen LogP contribution in [-0.4, -0.2) is 34.0 Å². The lowest BCUT2D eigenvalue weighted by Crippen LogP contribution is -2.25.